The van der Waals surface area contributed by atoms with Crippen LogP contribution in [-0.4, -0.2) is 52.3 Å². The van der Waals surface area contributed by atoms with Gasteiger partial charge >= 0.3 is 6.03 Å². The first-order chi connectivity index (χ1) is 15.5. The Morgan fingerprint density at radius 3 is 2.66 bits per heavy atom. The molecule has 170 valence electrons. The second kappa shape index (κ2) is 9.40. The molecule has 2 saturated heterocycles. The van der Waals surface area contributed by atoms with Crippen LogP contribution >= 0.6 is 11.3 Å². The van der Waals surface area contributed by atoms with Crippen LogP contribution < -0.4 is 5.32 Å². The van der Waals surface area contributed by atoms with Crippen LogP contribution in [0.2, 0.25) is 0 Å². The Morgan fingerprint density at radius 1 is 1.25 bits per heavy atom. The van der Waals surface area contributed by atoms with E-state index >= 15 is 0 Å². The molecule has 2 unspecified atom stereocenters. The number of likely N-dealkylation sites (tertiary alicyclic amines) is 1. The van der Waals surface area contributed by atoms with E-state index in [9.17, 15) is 14.4 Å². The predicted molar refractivity (Wildman–Crippen MR) is 123 cm³/mol. The number of aromatic nitrogens is 1. The van der Waals surface area contributed by atoms with E-state index in [1.807, 2.05) is 48.4 Å². The molecule has 1 N–H and O–H groups in total. The molecule has 2 atom stereocenters. The van der Waals surface area contributed by atoms with Crippen LogP contribution in [0.15, 0.2) is 41.9 Å². The Morgan fingerprint density at radius 2 is 2.03 bits per heavy atom. The third-order valence-electron chi connectivity index (χ3n) is 6.82. The number of carbonyl (C=O) groups excluding carboxylic acids is 3. The van der Waals surface area contributed by atoms with Gasteiger partial charge in [-0.25, -0.2) is 4.79 Å². The minimum atomic E-state index is -1.18. The van der Waals surface area contributed by atoms with E-state index in [0.717, 1.165) is 11.3 Å². The molecule has 0 aromatic carbocycles. The molecule has 2 aromatic heterocycles. The maximum atomic E-state index is 13.8. The van der Waals surface area contributed by atoms with Crippen molar-refractivity contribution in [3.8, 4) is 0 Å². The zero-order chi connectivity index (χ0) is 22.7. The van der Waals surface area contributed by atoms with Crippen molar-refractivity contribution in [2.24, 2.45) is 11.8 Å². The molecule has 7 nitrogen and oxygen atoms in total. The maximum absolute atomic E-state index is 13.8. The largest absolute Gasteiger partial charge is 0.342 e. The molecule has 0 saturated carbocycles. The van der Waals surface area contributed by atoms with Gasteiger partial charge < -0.3 is 10.2 Å². The number of urea groups is 1. The Bertz CT molecular complexity index is 957. The van der Waals surface area contributed by atoms with E-state index in [1.54, 1.807) is 23.6 Å². The van der Waals surface area contributed by atoms with Crippen molar-refractivity contribution in [1.82, 2.24) is 20.1 Å². The summed E-state index contributed by atoms with van der Waals surface area (Å²) in [5, 5.41) is 5.03. The fraction of sp³-hybridized carbons (Fsp3) is 0.500. The molecule has 2 fully saturated rings. The highest BCUT2D eigenvalue weighted by molar-refractivity contribution is 7.09. The standard InChI is InChI=1S/C24H30N4O3S/c1-3-17(2)21(29)27-13-9-18(10-14-27)24(20-8-4-5-12-25-20)22(30)28(23(31)26-24)15-11-19-7-6-16-32-19/h4-8,12,16-18H,3,9-11,13-15H2,1-2H3,(H,26,31). The summed E-state index contributed by atoms with van der Waals surface area (Å²) < 4.78 is 0. The van der Waals surface area contributed by atoms with Gasteiger partial charge in [0.2, 0.25) is 5.91 Å². The maximum Gasteiger partial charge on any atom is 0.325 e. The van der Waals surface area contributed by atoms with Crippen LogP contribution in [0.5, 0.6) is 0 Å². The number of nitrogens with zero attached hydrogens (tertiary/aromatic N) is 3. The van der Waals surface area contributed by atoms with E-state index in [4.69, 9.17) is 0 Å². The number of hydrogen-bond acceptors (Lipinski definition) is 5. The Balaban J connectivity index is 1.57. The van der Waals surface area contributed by atoms with Crippen LogP contribution in [0.3, 0.4) is 0 Å². The lowest BCUT2D eigenvalue weighted by Crippen LogP contribution is -2.55. The first-order valence-corrected chi connectivity index (χ1v) is 12.2. The summed E-state index contributed by atoms with van der Waals surface area (Å²) >= 11 is 1.62. The van der Waals surface area contributed by atoms with Gasteiger partial charge in [-0.15, -0.1) is 11.3 Å². The van der Waals surface area contributed by atoms with E-state index < -0.39 is 5.54 Å². The molecule has 2 aromatic rings. The second-order valence-corrected chi connectivity index (χ2v) is 9.68. The van der Waals surface area contributed by atoms with Crippen molar-refractivity contribution in [3.05, 3.63) is 52.5 Å². The zero-order valence-corrected chi connectivity index (χ0v) is 19.4. The van der Waals surface area contributed by atoms with Gasteiger partial charge in [0.05, 0.1) is 5.69 Å². The minimum absolute atomic E-state index is 0.00291. The second-order valence-electron chi connectivity index (χ2n) is 8.65. The molecular weight excluding hydrogens is 424 g/mol. The first-order valence-electron chi connectivity index (χ1n) is 11.3. The summed E-state index contributed by atoms with van der Waals surface area (Å²) in [6.45, 7) is 5.48. The van der Waals surface area contributed by atoms with Gasteiger partial charge in [-0.3, -0.25) is 19.5 Å². The number of imide groups is 1. The summed E-state index contributed by atoms with van der Waals surface area (Å²) in [4.78, 5) is 48.3. The SMILES string of the molecule is CCC(C)C(=O)N1CCC(C2(c3ccccn3)NC(=O)N(CCc3cccs3)C2=O)CC1. The predicted octanol–water partition coefficient (Wildman–Crippen LogP) is 3.42. The molecule has 4 amide bonds. The lowest BCUT2D eigenvalue weighted by Gasteiger charge is -2.41. The van der Waals surface area contributed by atoms with E-state index in [-0.39, 0.29) is 29.7 Å². The van der Waals surface area contributed by atoms with Crippen molar-refractivity contribution < 1.29 is 14.4 Å². The van der Waals surface area contributed by atoms with Crippen molar-refractivity contribution in [1.29, 1.82) is 0 Å². The summed E-state index contributed by atoms with van der Waals surface area (Å²) in [5.74, 6) is -0.194. The van der Waals surface area contributed by atoms with Gasteiger partial charge in [-0.05, 0) is 49.3 Å². The number of hydrogen-bond donors (Lipinski definition) is 1. The van der Waals surface area contributed by atoms with Crippen LogP contribution in [-0.2, 0) is 21.5 Å². The number of amides is 4. The highest BCUT2D eigenvalue weighted by atomic mass is 32.1. The van der Waals surface area contributed by atoms with E-state index in [0.29, 0.717) is 44.6 Å². The van der Waals surface area contributed by atoms with Crippen molar-refractivity contribution in [3.63, 3.8) is 0 Å². The molecule has 2 aliphatic rings. The third-order valence-corrected chi connectivity index (χ3v) is 7.75. The van der Waals surface area contributed by atoms with Gasteiger partial charge in [0.1, 0.15) is 0 Å². The molecule has 4 rings (SSSR count). The van der Waals surface area contributed by atoms with Gasteiger partial charge in [-0.1, -0.05) is 26.0 Å². The summed E-state index contributed by atoms with van der Waals surface area (Å²) in [6.07, 6.45) is 4.39. The van der Waals surface area contributed by atoms with Crippen LogP contribution in [0.1, 0.15) is 43.7 Å². The fourth-order valence-electron chi connectivity index (χ4n) is 4.75. The molecule has 0 bridgehead atoms. The number of pyridine rings is 1. The van der Waals surface area contributed by atoms with E-state index in [1.165, 1.54) is 4.90 Å². The average molecular weight is 455 g/mol. The van der Waals surface area contributed by atoms with Gasteiger partial charge in [0, 0.05) is 42.5 Å². The zero-order valence-electron chi connectivity index (χ0n) is 18.6. The van der Waals surface area contributed by atoms with Crippen molar-refractivity contribution in [2.75, 3.05) is 19.6 Å². The Labute approximate surface area is 192 Å². The normalized spacial score (nSPS) is 22.8. The topological polar surface area (TPSA) is 82.6 Å². The van der Waals surface area contributed by atoms with Crippen LogP contribution in [0.25, 0.3) is 0 Å². The molecule has 4 heterocycles. The smallest absolute Gasteiger partial charge is 0.325 e. The van der Waals surface area contributed by atoms with Gasteiger partial charge in [-0.2, -0.15) is 0 Å². The Hall–Kier alpha value is -2.74. The first kappa shape index (κ1) is 22.5. The monoisotopic (exact) mass is 454 g/mol. The lowest BCUT2D eigenvalue weighted by molar-refractivity contribution is -0.138. The number of carbonyl (C=O) groups is 3. The molecule has 0 aliphatic carbocycles. The van der Waals surface area contributed by atoms with Gasteiger partial charge in [0.25, 0.3) is 5.91 Å². The highest BCUT2D eigenvalue weighted by Crippen LogP contribution is 2.41. The van der Waals surface area contributed by atoms with E-state index in [2.05, 4.69) is 10.3 Å². The summed E-state index contributed by atoms with van der Waals surface area (Å²) in [7, 11) is 0. The summed E-state index contributed by atoms with van der Waals surface area (Å²) in [6, 6.07) is 9.09. The molecule has 32 heavy (non-hydrogen) atoms. The van der Waals surface area contributed by atoms with Gasteiger partial charge in [0.15, 0.2) is 5.54 Å². The number of piperidine rings is 1. The molecular formula is C24H30N4O3S. The molecule has 2 aliphatic heterocycles. The third kappa shape index (κ3) is 4.03. The number of nitrogens with one attached hydrogen (secondary N) is 1. The quantitative estimate of drug-likeness (QED) is 0.650. The van der Waals surface area contributed by atoms with Crippen LogP contribution in [0.4, 0.5) is 4.79 Å². The number of rotatable bonds is 7. The average Bonchev–Trinajstić information content (AvgIpc) is 3.44. The van der Waals surface area contributed by atoms with Crippen molar-refractivity contribution >= 4 is 29.2 Å². The van der Waals surface area contributed by atoms with Crippen LogP contribution in [0, 0.1) is 11.8 Å². The summed E-state index contributed by atoms with van der Waals surface area (Å²) in [5.41, 5.74) is -0.608. The molecule has 0 radical (unpaired) electrons. The Kier molecular flexibility index (Phi) is 6.60. The van der Waals surface area contributed by atoms with Crippen molar-refractivity contribution in [2.45, 2.75) is 45.1 Å². The number of thiophene rings is 1. The lowest BCUT2D eigenvalue weighted by atomic mass is 9.75. The highest BCUT2D eigenvalue weighted by Gasteiger charge is 2.58. The fourth-order valence-corrected chi connectivity index (χ4v) is 5.45. The molecule has 8 heteroatoms. The minimum Gasteiger partial charge on any atom is -0.342 e. The molecule has 0 spiro atoms.